The summed E-state index contributed by atoms with van der Waals surface area (Å²) in [6.45, 7) is 0.623. The predicted molar refractivity (Wildman–Crippen MR) is 99.7 cm³/mol. The van der Waals surface area contributed by atoms with Crippen molar-refractivity contribution in [1.29, 1.82) is 0 Å². The maximum absolute atomic E-state index is 12.2. The third-order valence-electron chi connectivity index (χ3n) is 5.39. The number of nitrogens with one attached hydrogen (secondary N) is 1. The van der Waals surface area contributed by atoms with Gasteiger partial charge in [0.15, 0.2) is 0 Å². The van der Waals surface area contributed by atoms with Gasteiger partial charge in [-0.3, -0.25) is 4.79 Å². The molecule has 152 valence electrons. The number of carbonyl (C=O) groups is 2. The number of ether oxygens (including phenoxy) is 1. The van der Waals surface area contributed by atoms with Gasteiger partial charge in [0.2, 0.25) is 5.91 Å². The van der Waals surface area contributed by atoms with E-state index >= 15 is 0 Å². The van der Waals surface area contributed by atoms with Crippen molar-refractivity contribution in [3.8, 4) is 11.5 Å². The lowest BCUT2D eigenvalue weighted by atomic mass is 9.81. The molecule has 1 aromatic carbocycles. The number of H-pyrrole nitrogens is 1. The third kappa shape index (κ3) is 3.78. The second kappa shape index (κ2) is 7.41. The fraction of sp³-hybridized carbons (Fsp3) is 0.389. The Morgan fingerprint density at radius 1 is 1.31 bits per heavy atom. The minimum atomic E-state index is -1.51. The van der Waals surface area contributed by atoms with Gasteiger partial charge in [-0.15, -0.1) is 0 Å². The van der Waals surface area contributed by atoms with E-state index in [1.165, 1.54) is 12.4 Å². The summed E-state index contributed by atoms with van der Waals surface area (Å²) in [5, 5.41) is 38.5. The standard InChI is InChI=1S/C18H20BN3O7/c23-15(3-9-5-20-8-21-9)22-6-10(7-22)29-14-2-1-11(12-4-13(12)19(27)28)17(24)16(14)18(25)26/h1-2,5,8,10,12-13,24,27-28H,3-4,6-7H2,(H,20,21)(H,25,26)/t12-,13-/m1/s1. The molecule has 1 aliphatic heterocycles. The zero-order valence-electron chi connectivity index (χ0n) is 15.4. The number of carboxylic acids is 1. The summed E-state index contributed by atoms with van der Waals surface area (Å²) in [5.41, 5.74) is 0.638. The Morgan fingerprint density at radius 3 is 2.66 bits per heavy atom. The first-order valence-corrected chi connectivity index (χ1v) is 9.22. The molecule has 0 radical (unpaired) electrons. The van der Waals surface area contributed by atoms with Crippen LogP contribution in [0.5, 0.6) is 11.5 Å². The maximum atomic E-state index is 12.2. The third-order valence-corrected chi connectivity index (χ3v) is 5.39. The molecule has 2 fully saturated rings. The van der Waals surface area contributed by atoms with E-state index in [1.54, 1.807) is 17.2 Å². The number of nitrogens with zero attached hydrogens (tertiary/aromatic N) is 2. The Bertz CT molecular complexity index is 928. The van der Waals surface area contributed by atoms with Gasteiger partial charge in [0.05, 0.1) is 31.5 Å². The highest BCUT2D eigenvalue weighted by Gasteiger charge is 2.48. The van der Waals surface area contributed by atoms with Crippen LogP contribution in [0.2, 0.25) is 5.82 Å². The number of hydrogen-bond donors (Lipinski definition) is 5. The lowest BCUT2D eigenvalue weighted by Crippen LogP contribution is -2.56. The number of aromatic hydroxyl groups is 1. The molecule has 10 nitrogen and oxygen atoms in total. The van der Waals surface area contributed by atoms with Crippen molar-refractivity contribution in [2.45, 2.75) is 30.7 Å². The molecule has 2 aromatic rings. The zero-order valence-corrected chi connectivity index (χ0v) is 15.4. The molecule has 1 aromatic heterocycles. The van der Waals surface area contributed by atoms with Gasteiger partial charge in [-0.1, -0.05) is 6.07 Å². The van der Waals surface area contributed by atoms with E-state index in [2.05, 4.69) is 9.97 Å². The monoisotopic (exact) mass is 401 g/mol. The highest BCUT2D eigenvalue weighted by Crippen LogP contribution is 2.56. The van der Waals surface area contributed by atoms with Crippen LogP contribution < -0.4 is 4.74 Å². The number of aromatic nitrogens is 2. The van der Waals surface area contributed by atoms with E-state index in [1.807, 2.05) is 0 Å². The summed E-state index contributed by atoms with van der Waals surface area (Å²) >= 11 is 0. The van der Waals surface area contributed by atoms with Crippen LogP contribution in [0.1, 0.15) is 34.0 Å². The smallest absolute Gasteiger partial charge is 0.455 e. The number of hydrogen-bond acceptors (Lipinski definition) is 7. The van der Waals surface area contributed by atoms with Gasteiger partial charge in [0, 0.05) is 12.0 Å². The topological polar surface area (TPSA) is 156 Å². The Balaban J connectivity index is 1.41. The molecular formula is C18H20BN3O7. The van der Waals surface area contributed by atoms with Gasteiger partial charge in [-0.25, -0.2) is 9.78 Å². The molecular weight excluding hydrogens is 381 g/mol. The molecule has 1 saturated heterocycles. The Hall–Kier alpha value is -3.05. The van der Waals surface area contributed by atoms with Crippen molar-refractivity contribution < 1.29 is 34.6 Å². The van der Waals surface area contributed by atoms with Crippen LogP contribution in [0.25, 0.3) is 0 Å². The maximum Gasteiger partial charge on any atom is 0.455 e. The molecule has 2 aliphatic rings. The lowest BCUT2D eigenvalue weighted by molar-refractivity contribution is -0.139. The van der Waals surface area contributed by atoms with Gasteiger partial charge in [0.1, 0.15) is 23.2 Å². The highest BCUT2D eigenvalue weighted by molar-refractivity contribution is 6.44. The molecule has 0 unspecified atom stereocenters. The lowest BCUT2D eigenvalue weighted by Gasteiger charge is -2.39. The minimum Gasteiger partial charge on any atom is -0.507 e. The number of amides is 1. The Labute approximate surface area is 165 Å². The number of benzene rings is 1. The fourth-order valence-corrected chi connectivity index (χ4v) is 3.64. The van der Waals surface area contributed by atoms with Gasteiger partial charge in [0.25, 0.3) is 0 Å². The van der Waals surface area contributed by atoms with Gasteiger partial charge in [-0.2, -0.15) is 0 Å². The van der Waals surface area contributed by atoms with Gasteiger partial charge in [-0.05, 0) is 24.0 Å². The van der Waals surface area contributed by atoms with Crippen molar-refractivity contribution in [1.82, 2.24) is 14.9 Å². The molecule has 5 N–H and O–H groups in total. The summed E-state index contributed by atoms with van der Waals surface area (Å²) in [5.74, 6) is -2.57. The first-order valence-electron chi connectivity index (χ1n) is 9.22. The molecule has 1 aliphatic carbocycles. The fourth-order valence-electron chi connectivity index (χ4n) is 3.64. The van der Waals surface area contributed by atoms with Crippen molar-refractivity contribution in [2.24, 2.45) is 0 Å². The van der Waals surface area contributed by atoms with E-state index in [0.717, 1.165) is 0 Å². The summed E-state index contributed by atoms with van der Waals surface area (Å²) < 4.78 is 5.71. The number of phenols is 1. The quantitative estimate of drug-likeness (QED) is 0.405. The van der Waals surface area contributed by atoms with Crippen LogP contribution >= 0.6 is 0 Å². The van der Waals surface area contributed by atoms with E-state index in [0.29, 0.717) is 30.8 Å². The van der Waals surface area contributed by atoms with Crippen molar-refractivity contribution in [2.75, 3.05) is 13.1 Å². The van der Waals surface area contributed by atoms with E-state index in [4.69, 9.17) is 4.74 Å². The molecule has 4 rings (SSSR count). The largest absolute Gasteiger partial charge is 0.507 e. The second-order valence-corrected chi connectivity index (χ2v) is 7.38. The van der Waals surface area contributed by atoms with E-state index in [9.17, 15) is 29.9 Å². The molecule has 1 saturated carbocycles. The summed E-state index contributed by atoms with van der Waals surface area (Å²) in [4.78, 5) is 32.2. The van der Waals surface area contributed by atoms with Crippen LogP contribution in [-0.2, 0) is 11.2 Å². The first-order chi connectivity index (χ1) is 13.8. The minimum absolute atomic E-state index is 0.0184. The number of carbonyl (C=O) groups excluding carboxylic acids is 1. The molecule has 2 heterocycles. The number of likely N-dealkylation sites (tertiary alicyclic amines) is 1. The van der Waals surface area contributed by atoms with E-state index in [-0.39, 0.29) is 35.7 Å². The van der Waals surface area contributed by atoms with Crippen LogP contribution in [0.3, 0.4) is 0 Å². The normalized spacial score (nSPS) is 20.8. The molecule has 1 amide bonds. The predicted octanol–water partition coefficient (Wildman–Crippen LogP) is -0.0239. The molecule has 11 heteroatoms. The number of carboxylic acid groups (broad SMARTS) is 1. The zero-order chi connectivity index (χ0) is 20.7. The highest BCUT2D eigenvalue weighted by atomic mass is 16.5. The van der Waals surface area contributed by atoms with Crippen LogP contribution in [0.15, 0.2) is 24.7 Å². The van der Waals surface area contributed by atoms with Gasteiger partial charge >= 0.3 is 13.1 Å². The summed E-state index contributed by atoms with van der Waals surface area (Å²) in [6.07, 6.45) is 3.40. The van der Waals surface area contributed by atoms with Crippen LogP contribution in [-0.4, -0.2) is 73.3 Å². The van der Waals surface area contributed by atoms with Gasteiger partial charge < -0.3 is 34.9 Å². The van der Waals surface area contributed by atoms with Crippen LogP contribution in [0, 0.1) is 0 Å². The first kappa shape index (κ1) is 19.3. The number of aromatic carboxylic acids is 1. The van der Waals surface area contributed by atoms with Crippen molar-refractivity contribution in [3.63, 3.8) is 0 Å². The van der Waals surface area contributed by atoms with Crippen LogP contribution in [0.4, 0.5) is 0 Å². The van der Waals surface area contributed by atoms with Crippen molar-refractivity contribution >= 4 is 19.0 Å². The molecule has 0 bridgehead atoms. The molecule has 29 heavy (non-hydrogen) atoms. The average molecular weight is 401 g/mol. The summed E-state index contributed by atoms with van der Waals surface area (Å²) in [6, 6.07) is 3.01. The molecule has 0 spiro atoms. The number of aromatic amines is 1. The number of imidazole rings is 1. The Kier molecular flexibility index (Phi) is 4.93. The summed E-state index contributed by atoms with van der Waals surface area (Å²) in [7, 11) is -1.51. The Morgan fingerprint density at radius 2 is 2.07 bits per heavy atom. The van der Waals surface area contributed by atoms with E-state index < -0.39 is 24.7 Å². The van der Waals surface area contributed by atoms with Crippen molar-refractivity contribution in [3.05, 3.63) is 41.5 Å². The molecule has 2 atom stereocenters. The number of rotatable bonds is 7. The average Bonchev–Trinajstić information content (AvgIpc) is 3.26. The SMILES string of the molecule is O=C(O)c1c(OC2CN(C(=O)Cc3c[nH]cn3)C2)ccc([C@H]2C[C@H]2B(O)O)c1O. The second-order valence-electron chi connectivity index (χ2n) is 7.38.